The Bertz CT molecular complexity index is 789. The molecule has 2 bridgehead atoms. The van der Waals surface area contributed by atoms with E-state index in [-0.39, 0.29) is 30.1 Å². The van der Waals surface area contributed by atoms with Crippen molar-refractivity contribution in [2.75, 3.05) is 39.8 Å². The summed E-state index contributed by atoms with van der Waals surface area (Å²) in [6, 6.07) is 8.46. The summed E-state index contributed by atoms with van der Waals surface area (Å²) < 4.78 is 6.11. The van der Waals surface area contributed by atoms with E-state index in [1.807, 2.05) is 16.8 Å². The van der Waals surface area contributed by atoms with E-state index < -0.39 is 0 Å². The second-order valence-corrected chi connectivity index (χ2v) is 9.22. The third-order valence-electron chi connectivity index (χ3n) is 7.52. The first-order valence-corrected chi connectivity index (χ1v) is 11.1. The molecule has 156 valence electrons. The number of hydrogen-bond donors (Lipinski definition) is 0. The lowest BCUT2D eigenvalue weighted by atomic mass is 9.81. The molecule has 6 rings (SSSR count). The predicted octanol–water partition coefficient (Wildman–Crippen LogP) is 2.69. The summed E-state index contributed by atoms with van der Waals surface area (Å²) in [7, 11) is 1.87. The lowest BCUT2D eigenvalue weighted by Gasteiger charge is -2.47. The molecule has 6 nitrogen and oxygen atoms in total. The molecule has 0 spiro atoms. The number of rotatable bonds is 2. The van der Waals surface area contributed by atoms with Crippen molar-refractivity contribution in [3.05, 3.63) is 35.4 Å². The molecular weight excluding hydrogens is 366 g/mol. The van der Waals surface area contributed by atoms with E-state index in [2.05, 4.69) is 29.2 Å². The first kappa shape index (κ1) is 18.9. The van der Waals surface area contributed by atoms with Crippen LogP contribution >= 0.6 is 0 Å². The zero-order valence-corrected chi connectivity index (χ0v) is 17.3. The summed E-state index contributed by atoms with van der Waals surface area (Å²) in [6.07, 6.45) is 4.39. The van der Waals surface area contributed by atoms with Gasteiger partial charge in [0.15, 0.2) is 0 Å². The second-order valence-electron chi connectivity index (χ2n) is 9.22. The van der Waals surface area contributed by atoms with E-state index in [4.69, 9.17) is 4.74 Å². The fourth-order valence-corrected chi connectivity index (χ4v) is 5.86. The molecule has 0 saturated carbocycles. The van der Waals surface area contributed by atoms with Crippen molar-refractivity contribution < 1.29 is 14.3 Å². The number of carbonyl (C=O) groups excluding carboxylic acids is 2. The summed E-state index contributed by atoms with van der Waals surface area (Å²) in [5.74, 6) is 0.961. The molecular formula is C23H31N3O3. The normalized spacial score (nSPS) is 34.1. The summed E-state index contributed by atoms with van der Waals surface area (Å²) in [6.45, 7) is 4.55. The summed E-state index contributed by atoms with van der Waals surface area (Å²) in [5.41, 5.74) is 2.56. The highest BCUT2D eigenvalue weighted by atomic mass is 16.6. The van der Waals surface area contributed by atoms with Crippen molar-refractivity contribution in [2.45, 2.75) is 44.2 Å². The lowest BCUT2D eigenvalue weighted by Crippen LogP contribution is -2.54. The quantitative estimate of drug-likeness (QED) is 0.770. The lowest BCUT2D eigenvalue weighted by molar-refractivity contribution is -0.134. The fraction of sp³-hybridized carbons (Fsp3) is 0.652. The molecule has 6 heteroatoms. The third kappa shape index (κ3) is 3.52. The van der Waals surface area contributed by atoms with Crippen LogP contribution in [0.4, 0.5) is 4.79 Å². The SMILES string of the molecule is CN1CC([C@H]2c3ccccc3CCN2C(=O)OC2CN3CCC2CC3)CCC1=O. The second kappa shape index (κ2) is 7.63. The van der Waals surface area contributed by atoms with Crippen LogP contribution in [-0.4, -0.2) is 72.6 Å². The molecule has 4 fully saturated rings. The van der Waals surface area contributed by atoms with Gasteiger partial charge in [0.1, 0.15) is 6.10 Å². The van der Waals surface area contributed by atoms with Crippen molar-refractivity contribution in [2.24, 2.45) is 11.8 Å². The van der Waals surface area contributed by atoms with Crippen LogP contribution in [0.5, 0.6) is 0 Å². The number of ether oxygens (including phenoxy) is 1. The Morgan fingerprint density at radius 1 is 1.00 bits per heavy atom. The highest BCUT2D eigenvalue weighted by Crippen LogP contribution is 2.40. The van der Waals surface area contributed by atoms with Gasteiger partial charge in [-0.05, 0) is 55.8 Å². The number of carbonyl (C=O) groups is 2. The average molecular weight is 398 g/mol. The van der Waals surface area contributed by atoms with Crippen LogP contribution in [0.25, 0.3) is 0 Å². The predicted molar refractivity (Wildman–Crippen MR) is 109 cm³/mol. The molecule has 0 aliphatic carbocycles. The van der Waals surface area contributed by atoms with Crippen LogP contribution in [0.15, 0.2) is 24.3 Å². The van der Waals surface area contributed by atoms with E-state index in [1.165, 1.54) is 11.1 Å². The van der Waals surface area contributed by atoms with Crippen LogP contribution in [-0.2, 0) is 16.0 Å². The van der Waals surface area contributed by atoms with E-state index in [0.717, 1.165) is 45.3 Å². The Morgan fingerprint density at radius 2 is 1.79 bits per heavy atom. The molecule has 5 aliphatic rings. The molecule has 0 aromatic heterocycles. The minimum atomic E-state index is -0.164. The van der Waals surface area contributed by atoms with Gasteiger partial charge < -0.3 is 14.5 Å². The molecule has 0 N–H and O–H groups in total. The highest BCUT2D eigenvalue weighted by molar-refractivity contribution is 5.76. The number of likely N-dealkylation sites (tertiary alicyclic amines) is 1. The van der Waals surface area contributed by atoms with E-state index in [1.54, 1.807) is 0 Å². The van der Waals surface area contributed by atoms with Gasteiger partial charge in [-0.3, -0.25) is 9.69 Å². The number of fused-ring (bicyclic) bond motifs is 4. The summed E-state index contributed by atoms with van der Waals surface area (Å²) >= 11 is 0. The Morgan fingerprint density at radius 3 is 2.52 bits per heavy atom. The minimum absolute atomic E-state index is 0.0101. The van der Waals surface area contributed by atoms with Gasteiger partial charge in [-0.1, -0.05) is 24.3 Å². The smallest absolute Gasteiger partial charge is 0.410 e. The molecule has 1 aromatic rings. The van der Waals surface area contributed by atoms with Crippen LogP contribution in [0.3, 0.4) is 0 Å². The number of nitrogens with zero attached hydrogens (tertiary/aromatic N) is 3. The Kier molecular flexibility index (Phi) is 4.98. The highest BCUT2D eigenvalue weighted by Gasteiger charge is 2.42. The molecule has 4 saturated heterocycles. The van der Waals surface area contributed by atoms with Crippen molar-refractivity contribution >= 4 is 12.0 Å². The number of piperidine rings is 4. The van der Waals surface area contributed by atoms with Crippen molar-refractivity contribution in [3.8, 4) is 0 Å². The van der Waals surface area contributed by atoms with E-state index in [9.17, 15) is 9.59 Å². The van der Waals surface area contributed by atoms with Crippen molar-refractivity contribution in [3.63, 3.8) is 0 Å². The van der Waals surface area contributed by atoms with Crippen molar-refractivity contribution in [1.29, 1.82) is 0 Å². The average Bonchev–Trinajstić information content (AvgIpc) is 2.76. The maximum Gasteiger partial charge on any atom is 0.410 e. The van der Waals surface area contributed by atoms with Crippen LogP contribution < -0.4 is 0 Å². The number of amides is 2. The van der Waals surface area contributed by atoms with E-state index >= 15 is 0 Å². The maximum absolute atomic E-state index is 13.4. The molecule has 0 radical (unpaired) electrons. The van der Waals surface area contributed by atoms with Gasteiger partial charge in [0.25, 0.3) is 0 Å². The number of benzene rings is 1. The van der Waals surface area contributed by atoms with Gasteiger partial charge >= 0.3 is 6.09 Å². The molecule has 2 amide bonds. The van der Waals surface area contributed by atoms with Gasteiger partial charge in [-0.15, -0.1) is 0 Å². The summed E-state index contributed by atoms with van der Waals surface area (Å²) in [4.78, 5) is 31.6. The molecule has 5 heterocycles. The Balaban J connectivity index is 1.38. The van der Waals surface area contributed by atoms with Gasteiger partial charge in [-0.25, -0.2) is 4.79 Å². The van der Waals surface area contributed by atoms with Crippen LogP contribution in [0.2, 0.25) is 0 Å². The van der Waals surface area contributed by atoms with Gasteiger partial charge in [0, 0.05) is 39.0 Å². The van der Waals surface area contributed by atoms with E-state index in [0.29, 0.717) is 25.4 Å². The van der Waals surface area contributed by atoms with Gasteiger partial charge in [-0.2, -0.15) is 0 Å². The number of hydrogen-bond acceptors (Lipinski definition) is 4. The molecule has 3 atom stereocenters. The maximum atomic E-state index is 13.4. The standard InChI is InChI=1S/C23H31N3O3/c1-24-14-18(6-7-21(24)27)22-19-5-3-2-4-16(19)10-13-26(22)23(28)29-20-15-25-11-8-17(20)9-12-25/h2-5,17-18,20,22H,6-15H2,1H3/t18?,20?,22-/m0/s1. The largest absolute Gasteiger partial charge is 0.444 e. The minimum Gasteiger partial charge on any atom is -0.444 e. The van der Waals surface area contributed by atoms with Gasteiger partial charge in [0.05, 0.1) is 6.04 Å². The summed E-state index contributed by atoms with van der Waals surface area (Å²) in [5, 5.41) is 0. The van der Waals surface area contributed by atoms with Crippen molar-refractivity contribution in [1.82, 2.24) is 14.7 Å². The molecule has 5 aliphatic heterocycles. The zero-order chi connectivity index (χ0) is 20.0. The third-order valence-corrected chi connectivity index (χ3v) is 7.52. The first-order valence-electron chi connectivity index (χ1n) is 11.1. The van der Waals surface area contributed by atoms with Gasteiger partial charge in [0.2, 0.25) is 5.91 Å². The van der Waals surface area contributed by atoms with Crippen LogP contribution in [0, 0.1) is 11.8 Å². The van der Waals surface area contributed by atoms with Crippen LogP contribution in [0.1, 0.15) is 42.9 Å². The zero-order valence-electron chi connectivity index (χ0n) is 17.3. The fourth-order valence-electron chi connectivity index (χ4n) is 5.86. The monoisotopic (exact) mass is 397 g/mol. The first-order chi connectivity index (χ1) is 14.1. The molecule has 29 heavy (non-hydrogen) atoms. The molecule has 1 aromatic carbocycles. The Hall–Kier alpha value is -2.08. The topological polar surface area (TPSA) is 53.1 Å². The molecule has 2 unspecified atom stereocenters. The Labute approximate surface area is 172 Å².